The average molecular weight is 331 g/mol. The highest BCUT2D eigenvalue weighted by Gasteiger charge is 2.21. The molecule has 1 heterocycles. The molecule has 0 aliphatic rings. The molecule has 2 N–H and O–H groups in total. The van der Waals surface area contributed by atoms with Crippen LogP contribution in [0.15, 0.2) is 34.1 Å². The average Bonchev–Trinajstić information content (AvgIpc) is 2.91. The molecule has 1 aromatic carbocycles. The maximum atomic E-state index is 12.2. The number of nitrogens with zero attached hydrogens (tertiary/aromatic N) is 3. The molecule has 1 aromatic heterocycles. The molecule has 0 spiro atoms. The summed E-state index contributed by atoms with van der Waals surface area (Å²) in [5.74, 6) is 0.200. The van der Waals surface area contributed by atoms with Gasteiger partial charge >= 0.3 is 0 Å². The first-order valence-electron chi connectivity index (χ1n) is 5.76. The van der Waals surface area contributed by atoms with Crippen LogP contribution in [0.2, 0.25) is 0 Å². The monoisotopic (exact) mass is 331 g/mol. The number of rotatable bonds is 5. The summed E-state index contributed by atoms with van der Waals surface area (Å²) in [6, 6.07) is 4.25. The molecule has 114 valence electrons. The van der Waals surface area contributed by atoms with E-state index in [0.717, 1.165) is 6.26 Å². The van der Waals surface area contributed by atoms with Crippen LogP contribution in [0.1, 0.15) is 18.8 Å². The number of aromatic amines is 1. The van der Waals surface area contributed by atoms with Crippen molar-refractivity contribution in [2.45, 2.75) is 22.8 Å². The smallest absolute Gasteiger partial charge is 0.224 e. The molecule has 0 saturated heterocycles. The van der Waals surface area contributed by atoms with Gasteiger partial charge in [0.1, 0.15) is 0 Å². The lowest BCUT2D eigenvalue weighted by Crippen LogP contribution is -2.27. The Labute approximate surface area is 121 Å². The summed E-state index contributed by atoms with van der Waals surface area (Å²) in [6.45, 7) is 1.56. The standard InChI is InChI=1S/C10H13N5O4S2/c1-7(10-11-14-15-12-10)13-21(18,19)9-5-3-8(4-6-9)20(2,16)17/h3-7,13H,1-2H3,(H,11,12,14,15). The molecule has 0 aliphatic carbocycles. The van der Waals surface area contributed by atoms with E-state index in [0.29, 0.717) is 0 Å². The second-order valence-electron chi connectivity index (χ2n) is 4.36. The van der Waals surface area contributed by atoms with E-state index in [9.17, 15) is 16.8 Å². The van der Waals surface area contributed by atoms with Crippen LogP contribution in [0, 0.1) is 0 Å². The Bertz CT molecular complexity index is 813. The van der Waals surface area contributed by atoms with Gasteiger partial charge in [-0.1, -0.05) is 5.21 Å². The number of aromatic nitrogens is 4. The molecule has 0 aliphatic heterocycles. The molecule has 2 rings (SSSR count). The number of nitrogens with one attached hydrogen (secondary N) is 2. The highest BCUT2D eigenvalue weighted by molar-refractivity contribution is 7.90. The summed E-state index contributed by atoms with van der Waals surface area (Å²) in [4.78, 5) is -0.00193. The fraction of sp³-hybridized carbons (Fsp3) is 0.300. The van der Waals surface area contributed by atoms with Gasteiger partial charge in [-0.15, -0.1) is 10.2 Å². The number of sulfone groups is 1. The van der Waals surface area contributed by atoms with Gasteiger partial charge in [-0.05, 0) is 31.2 Å². The van der Waals surface area contributed by atoms with Crippen LogP contribution in [-0.4, -0.2) is 43.7 Å². The number of sulfonamides is 1. The molecule has 0 amide bonds. The minimum absolute atomic E-state index is 0.0488. The maximum absolute atomic E-state index is 12.2. The van der Waals surface area contributed by atoms with Gasteiger partial charge in [0.25, 0.3) is 0 Å². The molecule has 0 saturated carbocycles. The first-order valence-corrected chi connectivity index (χ1v) is 9.13. The van der Waals surface area contributed by atoms with Gasteiger partial charge in [0.15, 0.2) is 15.7 Å². The lowest BCUT2D eigenvalue weighted by molar-refractivity contribution is 0.559. The summed E-state index contributed by atoms with van der Waals surface area (Å²) in [6.07, 6.45) is 1.05. The van der Waals surface area contributed by atoms with Crippen LogP contribution >= 0.6 is 0 Å². The van der Waals surface area contributed by atoms with Crippen LogP contribution in [0.5, 0.6) is 0 Å². The molecular weight excluding hydrogens is 318 g/mol. The predicted octanol–water partition coefficient (Wildman–Crippen LogP) is -0.357. The third kappa shape index (κ3) is 3.62. The molecule has 0 bridgehead atoms. The van der Waals surface area contributed by atoms with Gasteiger partial charge in [0.05, 0.1) is 15.8 Å². The van der Waals surface area contributed by atoms with E-state index >= 15 is 0 Å². The molecule has 0 fully saturated rings. The lowest BCUT2D eigenvalue weighted by atomic mass is 10.4. The van der Waals surface area contributed by atoms with E-state index in [1.165, 1.54) is 24.3 Å². The van der Waals surface area contributed by atoms with E-state index in [1.54, 1.807) is 6.92 Å². The van der Waals surface area contributed by atoms with Crippen LogP contribution in [-0.2, 0) is 19.9 Å². The van der Waals surface area contributed by atoms with Crippen molar-refractivity contribution in [2.24, 2.45) is 0 Å². The van der Waals surface area contributed by atoms with Crippen LogP contribution in [0.25, 0.3) is 0 Å². The second kappa shape index (κ2) is 5.50. The van der Waals surface area contributed by atoms with Crippen molar-refractivity contribution in [3.8, 4) is 0 Å². The third-order valence-corrected chi connectivity index (χ3v) is 5.33. The fourth-order valence-corrected chi connectivity index (χ4v) is 3.40. The summed E-state index contributed by atoms with van der Waals surface area (Å²) < 4.78 is 49.3. The van der Waals surface area contributed by atoms with Gasteiger partial charge in [-0.2, -0.15) is 5.21 Å². The Morgan fingerprint density at radius 3 is 2.14 bits per heavy atom. The van der Waals surface area contributed by atoms with Crippen molar-refractivity contribution in [3.05, 3.63) is 30.1 Å². The molecular formula is C10H13N5O4S2. The van der Waals surface area contributed by atoms with Crippen molar-refractivity contribution in [1.29, 1.82) is 0 Å². The number of H-pyrrole nitrogens is 1. The third-order valence-electron chi connectivity index (χ3n) is 2.64. The topological polar surface area (TPSA) is 135 Å². The minimum Gasteiger partial charge on any atom is -0.224 e. The van der Waals surface area contributed by atoms with Gasteiger partial charge in [-0.3, -0.25) is 0 Å². The largest absolute Gasteiger partial charge is 0.241 e. The van der Waals surface area contributed by atoms with Crippen LogP contribution in [0.4, 0.5) is 0 Å². The molecule has 21 heavy (non-hydrogen) atoms. The van der Waals surface area contributed by atoms with E-state index in [-0.39, 0.29) is 15.6 Å². The molecule has 11 heteroatoms. The molecule has 1 atom stereocenters. The summed E-state index contributed by atoms with van der Waals surface area (Å²) in [7, 11) is -7.19. The first-order chi connectivity index (χ1) is 9.70. The Morgan fingerprint density at radius 1 is 1.10 bits per heavy atom. The number of benzene rings is 1. The molecule has 1 unspecified atom stereocenters. The molecule has 0 radical (unpaired) electrons. The maximum Gasteiger partial charge on any atom is 0.241 e. The Balaban J connectivity index is 2.24. The zero-order valence-electron chi connectivity index (χ0n) is 11.2. The van der Waals surface area contributed by atoms with E-state index in [4.69, 9.17) is 0 Å². The van der Waals surface area contributed by atoms with E-state index < -0.39 is 25.9 Å². The summed E-state index contributed by atoms with van der Waals surface area (Å²) in [5.41, 5.74) is 0. The Morgan fingerprint density at radius 2 is 1.67 bits per heavy atom. The van der Waals surface area contributed by atoms with Crippen LogP contribution in [0.3, 0.4) is 0 Å². The predicted molar refractivity (Wildman–Crippen MR) is 72.5 cm³/mol. The lowest BCUT2D eigenvalue weighted by Gasteiger charge is -2.11. The minimum atomic E-state index is -3.81. The van der Waals surface area contributed by atoms with E-state index in [2.05, 4.69) is 25.3 Å². The van der Waals surface area contributed by atoms with Crippen molar-refractivity contribution < 1.29 is 16.8 Å². The fourth-order valence-electron chi connectivity index (χ4n) is 1.57. The van der Waals surface area contributed by atoms with Crippen LogP contribution < -0.4 is 4.72 Å². The van der Waals surface area contributed by atoms with Gasteiger partial charge < -0.3 is 0 Å². The van der Waals surface area contributed by atoms with E-state index in [1.807, 2.05) is 0 Å². The van der Waals surface area contributed by atoms with Gasteiger partial charge in [0.2, 0.25) is 10.0 Å². The number of tetrazole rings is 1. The number of hydrogen-bond acceptors (Lipinski definition) is 7. The SMILES string of the molecule is CC(NS(=O)(=O)c1ccc(S(C)(=O)=O)cc1)c1nn[nH]n1. The summed E-state index contributed by atoms with van der Waals surface area (Å²) in [5, 5.41) is 12.9. The normalized spacial score (nSPS) is 14.0. The van der Waals surface area contributed by atoms with Crippen molar-refractivity contribution in [1.82, 2.24) is 25.3 Å². The van der Waals surface area contributed by atoms with Crippen molar-refractivity contribution >= 4 is 19.9 Å². The summed E-state index contributed by atoms with van der Waals surface area (Å²) >= 11 is 0. The highest BCUT2D eigenvalue weighted by Crippen LogP contribution is 2.16. The molecule has 9 nitrogen and oxygen atoms in total. The Hall–Kier alpha value is -1.85. The van der Waals surface area contributed by atoms with Crippen molar-refractivity contribution in [2.75, 3.05) is 6.26 Å². The Kier molecular flexibility index (Phi) is 4.07. The quantitative estimate of drug-likeness (QED) is 0.764. The number of hydrogen-bond donors (Lipinski definition) is 2. The zero-order chi connectivity index (χ0) is 15.7. The van der Waals surface area contributed by atoms with Gasteiger partial charge in [0, 0.05) is 6.26 Å². The van der Waals surface area contributed by atoms with Gasteiger partial charge in [-0.25, -0.2) is 21.6 Å². The highest BCUT2D eigenvalue weighted by atomic mass is 32.2. The second-order valence-corrected chi connectivity index (χ2v) is 8.09. The molecule has 2 aromatic rings. The first kappa shape index (κ1) is 15.5. The zero-order valence-corrected chi connectivity index (χ0v) is 12.8. The van der Waals surface area contributed by atoms with Crippen molar-refractivity contribution in [3.63, 3.8) is 0 Å².